The van der Waals surface area contributed by atoms with Crippen molar-refractivity contribution in [2.45, 2.75) is 0 Å². The molecule has 5 nitrogen and oxygen atoms in total. The first-order valence-corrected chi connectivity index (χ1v) is 8.22. The Hall–Kier alpha value is -2.66. The molecule has 3 aromatic rings. The van der Waals surface area contributed by atoms with E-state index in [1.807, 2.05) is 31.4 Å². The minimum absolute atomic E-state index is 0.797. The van der Waals surface area contributed by atoms with Gasteiger partial charge in [0.1, 0.15) is 5.82 Å². The number of hydrogen-bond donors (Lipinski definition) is 1. The summed E-state index contributed by atoms with van der Waals surface area (Å²) in [7, 11) is 1.89. The zero-order valence-corrected chi connectivity index (χ0v) is 13.7. The first-order chi connectivity index (χ1) is 11.8. The molecule has 1 saturated heterocycles. The highest BCUT2D eigenvalue weighted by molar-refractivity contribution is 5.91. The summed E-state index contributed by atoms with van der Waals surface area (Å²) < 4.78 is 5.42. The maximum absolute atomic E-state index is 5.42. The van der Waals surface area contributed by atoms with Gasteiger partial charge in [-0.1, -0.05) is 12.1 Å². The van der Waals surface area contributed by atoms with Crippen LogP contribution in [0.1, 0.15) is 0 Å². The fourth-order valence-corrected chi connectivity index (χ4v) is 3.08. The summed E-state index contributed by atoms with van der Waals surface area (Å²) in [6.07, 6.45) is 1.81. The summed E-state index contributed by atoms with van der Waals surface area (Å²) >= 11 is 0. The maximum atomic E-state index is 5.42. The zero-order valence-electron chi connectivity index (χ0n) is 13.7. The van der Waals surface area contributed by atoms with Gasteiger partial charge in [-0.25, -0.2) is 4.98 Å². The molecule has 4 rings (SSSR count). The molecule has 0 amide bonds. The fourth-order valence-electron chi connectivity index (χ4n) is 3.08. The minimum atomic E-state index is 0.797. The van der Waals surface area contributed by atoms with E-state index in [4.69, 9.17) is 9.72 Å². The Balaban J connectivity index is 1.69. The van der Waals surface area contributed by atoms with Crippen molar-refractivity contribution in [2.24, 2.45) is 0 Å². The maximum Gasteiger partial charge on any atom is 0.135 e. The van der Waals surface area contributed by atoms with Crippen LogP contribution in [0.5, 0.6) is 0 Å². The van der Waals surface area contributed by atoms with Gasteiger partial charge in [0.15, 0.2) is 0 Å². The average Bonchev–Trinajstić information content (AvgIpc) is 2.68. The molecule has 0 aliphatic carbocycles. The van der Waals surface area contributed by atoms with Crippen molar-refractivity contribution in [1.29, 1.82) is 0 Å². The first kappa shape index (κ1) is 14.9. The monoisotopic (exact) mass is 320 g/mol. The van der Waals surface area contributed by atoms with Crippen LogP contribution in [0.4, 0.5) is 11.5 Å². The molecular formula is C19H20N4O. The van der Waals surface area contributed by atoms with Crippen molar-refractivity contribution in [1.82, 2.24) is 9.97 Å². The number of rotatable bonds is 3. The second-order valence-corrected chi connectivity index (χ2v) is 5.82. The van der Waals surface area contributed by atoms with Crippen molar-refractivity contribution >= 4 is 22.4 Å². The molecule has 1 aliphatic heterocycles. The highest BCUT2D eigenvalue weighted by Crippen LogP contribution is 2.28. The number of ether oxygens (including phenoxy) is 1. The second-order valence-electron chi connectivity index (χ2n) is 5.82. The van der Waals surface area contributed by atoms with Crippen LogP contribution >= 0.6 is 0 Å². The fraction of sp³-hybridized carbons (Fsp3) is 0.263. The third kappa shape index (κ3) is 2.78. The van der Waals surface area contributed by atoms with Gasteiger partial charge in [0, 0.05) is 43.0 Å². The van der Waals surface area contributed by atoms with Gasteiger partial charge in [0.2, 0.25) is 0 Å². The molecule has 0 saturated carbocycles. The van der Waals surface area contributed by atoms with Crippen molar-refractivity contribution in [3.8, 4) is 11.3 Å². The zero-order chi connectivity index (χ0) is 16.4. The van der Waals surface area contributed by atoms with Crippen LogP contribution < -0.4 is 10.2 Å². The van der Waals surface area contributed by atoms with E-state index in [2.05, 4.69) is 39.5 Å². The standard InChI is InChI=1S/C19H20N4O/c1-20-19-16-3-2-8-21-18(16)13-17(22-19)14-4-6-15(7-5-14)23-9-11-24-12-10-23/h2-8,13H,9-12H2,1H3,(H,20,22). The lowest BCUT2D eigenvalue weighted by Gasteiger charge is -2.28. The molecule has 1 aliphatic rings. The van der Waals surface area contributed by atoms with Crippen molar-refractivity contribution in [2.75, 3.05) is 43.6 Å². The molecule has 3 heterocycles. The summed E-state index contributed by atoms with van der Waals surface area (Å²) in [4.78, 5) is 11.6. The molecule has 0 atom stereocenters. The largest absolute Gasteiger partial charge is 0.378 e. The van der Waals surface area contributed by atoms with Gasteiger partial charge in [-0.15, -0.1) is 0 Å². The molecule has 0 radical (unpaired) electrons. The number of anilines is 2. The lowest BCUT2D eigenvalue weighted by molar-refractivity contribution is 0.122. The van der Waals surface area contributed by atoms with Gasteiger partial charge in [0.25, 0.3) is 0 Å². The summed E-state index contributed by atoms with van der Waals surface area (Å²) in [6, 6.07) is 14.6. The van der Waals surface area contributed by atoms with Crippen LogP contribution in [0.25, 0.3) is 22.2 Å². The molecule has 5 heteroatoms. The lowest BCUT2D eigenvalue weighted by Crippen LogP contribution is -2.36. The number of nitrogens with one attached hydrogen (secondary N) is 1. The van der Waals surface area contributed by atoms with E-state index >= 15 is 0 Å². The highest BCUT2D eigenvalue weighted by Gasteiger charge is 2.12. The molecule has 0 spiro atoms. The normalized spacial score (nSPS) is 14.8. The molecule has 0 bridgehead atoms. The van der Waals surface area contributed by atoms with Gasteiger partial charge in [-0.3, -0.25) is 4.98 Å². The highest BCUT2D eigenvalue weighted by atomic mass is 16.5. The Labute approximate surface area is 141 Å². The summed E-state index contributed by atoms with van der Waals surface area (Å²) in [5.41, 5.74) is 4.20. The quantitative estimate of drug-likeness (QED) is 0.803. The van der Waals surface area contributed by atoms with Gasteiger partial charge >= 0.3 is 0 Å². The van der Waals surface area contributed by atoms with E-state index < -0.39 is 0 Å². The van der Waals surface area contributed by atoms with Gasteiger partial charge in [-0.2, -0.15) is 0 Å². The summed E-state index contributed by atoms with van der Waals surface area (Å²) in [6.45, 7) is 3.49. The number of hydrogen-bond acceptors (Lipinski definition) is 5. The molecule has 1 N–H and O–H groups in total. The van der Waals surface area contributed by atoms with E-state index in [9.17, 15) is 0 Å². The van der Waals surface area contributed by atoms with Gasteiger partial charge in [-0.05, 0) is 30.3 Å². The summed E-state index contributed by atoms with van der Waals surface area (Å²) in [5.74, 6) is 0.854. The molecule has 122 valence electrons. The van der Waals surface area contributed by atoms with E-state index in [1.165, 1.54) is 5.69 Å². The Kier molecular flexibility index (Phi) is 4.01. The van der Waals surface area contributed by atoms with Crippen molar-refractivity contribution in [3.63, 3.8) is 0 Å². The van der Waals surface area contributed by atoms with Crippen LogP contribution in [-0.2, 0) is 4.74 Å². The molecular weight excluding hydrogens is 300 g/mol. The Morgan fingerprint density at radius 3 is 2.62 bits per heavy atom. The minimum Gasteiger partial charge on any atom is -0.378 e. The average molecular weight is 320 g/mol. The molecule has 2 aromatic heterocycles. The smallest absolute Gasteiger partial charge is 0.135 e. The topological polar surface area (TPSA) is 50.3 Å². The molecule has 1 fully saturated rings. The Morgan fingerprint density at radius 2 is 1.88 bits per heavy atom. The molecule has 0 unspecified atom stereocenters. The van der Waals surface area contributed by atoms with Crippen molar-refractivity contribution < 1.29 is 4.74 Å². The van der Waals surface area contributed by atoms with E-state index in [0.29, 0.717) is 0 Å². The SMILES string of the molecule is CNc1nc(-c2ccc(N3CCOCC3)cc2)cc2ncccc12. The van der Waals surface area contributed by atoms with Crippen LogP contribution in [0.15, 0.2) is 48.7 Å². The van der Waals surface area contributed by atoms with Crippen LogP contribution in [0, 0.1) is 0 Å². The Bertz CT molecular complexity index is 842. The number of nitrogens with zero attached hydrogens (tertiary/aromatic N) is 3. The number of morpholine rings is 1. The first-order valence-electron chi connectivity index (χ1n) is 8.22. The van der Waals surface area contributed by atoms with Gasteiger partial charge in [0.05, 0.1) is 24.4 Å². The van der Waals surface area contributed by atoms with Crippen LogP contribution in [-0.4, -0.2) is 43.3 Å². The molecule has 1 aromatic carbocycles. The Morgan fingerprint density at radius 1 is 1.08 bits per heavy atom. The summed E-state index contributed by atoms with van der Waals surface area (Å²) in [5, 5.41) is 4.21. The van der Waals surface area contributed by atoms with Crippen molar-refractivity contribution in [3.05, 3.63) is 48.7 Å². The van der Waals surface area contributed by atoms with Crippen LogP contribution in [0.2, 0.25) is 0 Å². The van der Waals surface area contributed by atoms with E-state index in [1.54, 1.807) is 0 Å². The molecule has 24 heavy (non-hydrogen) atoms. The van der Waals surface area contributed by atoms with E-state index in [-0.39, 0.29) is 0 Å². The predicted octanol–water partition coefficient (Wildman–Crippen LogP) is 3.18. The number of aromatic nitrogens is 2. The van der Waals surface area contributed by atoms with Gasteiger partial charge < -0.3 is 15.0 Å². The van der Waals surface area contributed by atoms with Crippen LogP contribution in [0.3, 0.4) is 0 Å². The number of fused-ring (bicyclic) bond motifs is 1. The van der Waals surface area contributed by atoms with E-state index in [0.717, 1.165) is 54.3 Å². The third-order valence-corrected chi connectivity index (χ3v) is 4.38. The second kappa shape index (κ2) is 6.45. The predicted molar refractivity (Wildman–Crippen MR) is 97.6 cm³/mol. The number of pyridine rings is 2. The third-order valence-electron chi connectivity index (χ3n) is 4.38. The lowest BCUT2D eigenvalue weighted by atomic mass is 10.1. The number of benzene rings is 1.